The fraction of sp³-hybridized carbons (Fsp3) is 0.222. The van der Waals surface area contributed by atoms with Gasteiger partial charge in [-0.1, -0.05) is 5.16 Å². The first-order valence-corrected chi connectivity index (χ1v) is 4.76. The van der Waals surface area contributed by atoms with Gasteiger partial charge in [0.25, 0.3) is 5.82 Å². The Bertz CT molecular complexity index is 587. The zero-order valence-corrected chi connectivity index (χ0v) is 9.23. The van der Waals surface area contributed by atoms with Gasteiger partial charge in [-0.05, 0) is 0 Å². The molecule has 0 aromatic carbocycles. The third-order valence-electron chi connectivity index (χ3n) is 2.09. The quantitative estimate of drug-likeness (QED) is 0.742. The number of rotatable bonds is 4. The van der Waals surface area contributed by atoms with Gasteiger partial charge >= 0.3 is 11.9 Å². The molecule has 0 aliphatic carbocycles. The van der Waals surface area contributed by atoms with Crippen molar-refractivity contribution in [3.8, 4) is 0 Å². The molecule has 0 radical (unpaired) electrons. The van der Waals surface area contributed by atoms with Crippen LogP contribution >= 0.6 is 0 Å². The van der Waals surface area contributed by atoms with Crippen LogP contribution in [0.2, 0.25) is 0 Å². The van der Waals surface area contributed by atoms with Crippen molar-refractivity contribution in [3.63, 3.8) is 0 Å². The number of aromatic nitrogens is 4. The van der Waals surface area contributed by atoms with E-state index in [0.717, 1.165) is 6.20 Å². The first-order chi connectivity index (χ1) is 8.61. The molecule has 0 aliphatic rings. The number of carbonyl (C=O) groups excluding carboxylic acids is 1. The number of aromatic carboxylic acids is 1. The second kappa shape index (κ2) is 4.65. The van der Waals surface area contributed by atoms with Crippen LogP contribution in [0.25, 0.3) is 0 Å². The molecule has 2 aromatic heterocycles. The van der Waals surface area contributed by atoms with E-state index >= 15 is 0 Å². The van der Waals surface area contributed by atoms with Crippen LogP contribution in [0.1, 0.15) is 26.7 Å². The summed E-state index contributed by atoms with van der Waals surface area (Å²) in [6.07, 6.45) is 2.36. The van der Waals surface area contributed by atoms with Crippen molar-refractivity contribution in [1.82, 2.24) is 19.9 Å². The van der Waals surface area contributed by atoms with Crippen LogP contribution in [-0.2, 0) is 11.3 Å². The van der Waals surface area contributed by atoms with Crippen molar-refractivity contribution in [2.75, 3.05) is 7.11 Å². The molecule has 9 nitrogen and oxygen atoms in total. The van der Waals surface area contributed by atoms with E-state index in [1.54, 1.807) is 0 Å². The molecule has 0 unspecified atom stereocenters. The van der Waals surface area contributed by atoms with E-state index in [9.17, 15) is 9.59 Å². The summed E-state index contributed by atoms with van der Waals surface area (Å²) in [7, 11) is 1.21. The minimum Gasteiger partial charge on any atom is -0.478 e. The summed E-state index contributed by atoms with van der Waals surface area (Å²) >= 11 is 0. The number of methoxy groups -OCH3 is 1. The molecule has 2 aromatic rings. The molecule has 0 aliphatic heterocycles. The Labute approximate surface area is 100.0 Å². The van der Waals surface area contributed by atoms with Crippen molar-refractivity contribution >= 4 is 11.9 Å². The number of nitrogens with zero attached hydrogens (tertiary/aromatic N) is 4. The maximum atomic E-state index is 11.1. The topological polar surface area (TPSA) is 120 Å². The summed E-state index contributed by atoms with van der Waals surface area (Å²) in [6.45, 7) is 0.00558. The zero-order valence-electron chi connectivity index (χ0n) is 9.23. The fourth-order valence-corrected chi connectivity index (χ4v) is 1.26. The zero-order chi connectivity index (χ0) is 13.1. The Kier molecular flexibility index (Phi) is 3.04. The largest absolute Gasteiger partial charge is 0.478 e. The second-order valence-electron chi connectivity index (χ2n) is 3.23. The molecule has 9 heteroatoms. The van der Waals surface area contributed by atoms with Gasteiger partial charge in [-0.15, -0.1) is 5.10 Å². The van der Waals surface area contributed by atoms with Gasteiger partial charge in [-0.25, -0.2) is 19.3 Å². The van der Waals surface area contributed by atoms with Crippen molar-refractivity contribution in [2.24, 2.45) is 0 Å². The van der Waals surface area contributed by atoms with E-state index in [0.29, 0.717) is 0 Å². The molecule has 2 rings (SSSR count). The summed E-state index contributed by atoms with van der Waals surface area (Å²) in [5.41, 5.74) is -0.0647. The first-order valence-electron chi connectivity index (χ1n) is 4.76. The van der Waals surface area contributed by atoms with E-state index in [1.165, 1.54) is 18.1 Å². The van der Waals surface area contributed by atoms with Gasteiger partial charge in [-0.3, -0.25) is 0 Å². The maximum Gasteiger partial charge on any atom is 0.377 e. The lowest BCUT2D eigenvalue weighted by Crippen LogP contribution is -2.08. The summed E-state index contributed by atoms with van der Waals surface area (Å²) < 4.78 is 10.5. The third-order valence-corrected chi connectivity index (χ3v) is 2.09. The molecule has 0 fully saturated rings. The highest BCUT2D eigenvalue weighted by Gasteiger charge is 2.17. The highest BCUT2D eigenvalue weighted by atomic mass is 16.5. The predicted molar refractivity (Wildman–Crippen MR) is 53.9 cm³/mol. The average molecular weight is 252 g/mol. The Balaban J connectivity index is 2.19. The van der Waals surface area contributed by atoms with Gasteiger partial charge in [0.05, 0.1) is 13.3 Å². The van der Waals surface area contributed by atoms with E-state index in [1.807, 2.05) is 0 Å². The molecule has 94 valence electrons. The predicted octanol–water partition coefficient (Wildman–Crippen LogP) is -0.201. The van der Waals surface area contributed by atoms with Gasteiger partial charge in [0.15, 0.2) is 5.76 Å². The summed E-state index contributed by atoms with van der Waals surface area (Å²) in [5.74, 6) is -1.83. The Morgan fingerprint density at radius 3 is 3.00 bits per heavy atom. The van der Waals surface area contributed by atoms with Crippen molar-refractivity contribution < 1.29 is 24.0 Å². The van der Waals surface area contributed by atoms with Gasteiger partial charge < -0.3 is 14.4 Å². The van der Waals surface area contributed by atoms with Crippen LogP contribution in [0.4, 0.5) is 0 Å². The number of hydrogen-bond acceptors (Lipinski definition) is 7. The Morgan fingerprint density at radius 1 is 1.56 bits per heavy atom. The fourth-order valence-electron chi connectivity index (χ4n) is 1.26. The van der Waals surface area contributed by atoms with Crippen LogP contribution < -0.4 is 0 Å². The first kappa shape index (κ1) is 11.8. The summed E-state index contributed by atoms with van der Waals surface area (Å²) in [5, 5.41) is 16.0. The molecule has 0 saturated carbocycles. The summed E-state index contributed by atoms with van der Waals surface area (Å²) in [4.78, 5) is 25.6. The number of ether oxygens (including phenoxy) is 1. The van der Waals surface area contributed by atoms with Crippen molar-refractivity contribution in [1.29, 1.82) is 0 Å². The minimum absolute atomic E-state index is 0.00558. The number of carbonyl (C=O) groups is 2. The van der Waals surface area contributed by atoms with Gasteiger partial charge in [0.1, 0.15) is 18.4 Å². The Hall–Kier alpha value is -2.71. The maximum absolute atomic E-state index is 11.1. The van der Waals surface area contributed by atoms with Crippen LogP contribution in [0.3, 0.4) is 0 Å². The van der Waals surface area contributed by atoms with Crippen molar-refractivity contribution in [2.45, 2.75) is 6.54 Å². The molecule has 0 amide bonds. The highest BCUT2D eigenvalue weighted by molar-refractivity contribution is 5.88. The highest BCUT2D eigenvalue weighted by Crippen LogP contribution is 2.09. The van der Waals surface area contributed by atoms with Crippen LogP contribution in [-0.4, -0.2) is 44.1 Å². The van der Waals surface area contributed by atoms with Gasteiger partial charge in [0, 0.05) is 0 Å². The standard InChI is InChI=1S/C9H8N4O5/c1-17-9(16)7-10-4-13(12-7)3-6-5(8(14)15)2-11-18-6/h2,4H,3H2,1H3,(H,14,15). The number of hydrogen-bond donors (Lipinski definition) is 1. The molecule has 1 N–H and O–H groups in total. The molecular weight excluding hydrogens is 244 g/mol. The number of carboxylic acids is 1. The lowest BCUT2D eigenvalue weighted by molar-refractivity contribution is 0.0585. The number of esters is 1. The lowest BCUT2D eigenvalue weighted by atomic mass is 10.2. The lowest BCUT2D eigenvalue weighted by Gasteiger charge is -1.97. The van der Waals surface area contributed by atoms with E-state index < -0.39 is 11.9 Å². The van der Waals surface area contributed by atoms with E-state index in [-0.39, 0.29) is 23.7 Å². The van der Waals surface area contributed by atoms with Crippen LogP contribution in [0.5, 0.6) is 0 Å². The molecule has 0 bridgehead atoms. The second-order valence-corrected chi connectivity index (χ2v) is 3.23. The van der Waals surface area contributed by atoms with Gasteiger partial charge in [0.2, 0.25) is 0 Å². The minimum atomic E-state index is -1.15. The Morgan fingerprint density at radius 2 is 2.33 bits per heavy atom. The molecular formula is C9H8N4O5. The van der Waals surface area contributed by atoms with Crippen LogP contribution in [0.15, 0.2) is 17.0 Å². The average Bonchev–Trinajstić information content (AvgIpc) is 2.97. The molecule has 0 saturated heterocycles. The summed E-state index contributed by atoms with van der Waals surface area (Å²) in [6, 6.07) is 0. The molecule has 2 heterocycles. The normalized spacial score (nSPS) is 10.3. The van der Waals surface area contributed by atoms with Crippen molar-refractivity contribution in [3.05, 3.63) is 29.7 Å². The molecule has 18 heavy (non-hydrogen) atoms. The third kappa shape index (κ3) is 2.19. The SMILES string of the molecule is COC(=O)c1ncn(Cc2oncc2C(=O)O)n1. The smallest absolute Gasteiger partial charge is 0.377 e. The molecule has 0 atom stereocenters. The number of carboxylic acid groups (broad SMARTS) is 1. The molecule has 0 spiro atoms. The van der Waals surface area contributed by atoms with E-state index in [2.05, 4.69) is 20.0 Å². The van der Waals surface area contributed by atoms with Gasteiger partial charge in [-0.2, -0.15) is 0 Å². The monoisotopic (exact) mass is 252 g/mol. The van der Waals surface area contributed by atoms with Crippen LogP contribution in [0, 0.1) is 0 Å². The van der Waals surface area contributed by atoms with E-state index in [4.69, 9.17) is 9.63 Å².